The van der Waals surface area contributed by atoms with Crippen LogP contribution in [0.5, 0.6) is 0 Å². The molecule has 0 saturated carbocycles. The average Bonchev–Trinajstić information content (AvgIpc) is 3.08. The molecule has 0 spiro atoms. The van der Waals surface area contributed by atoms with Gasteiger partial charge in [-0.2, -0.15) is 0 Å². The summed E-state index contributed by atoms with van der Waals surface area (Å²) in [4.78, 5) is 19.0. The van der Waals surface area contributed by atoms with Gasteiger partial charge in [0.2, 0.25) is 5.91 Å². The van der Waals surface area contributed by atoms with Crippen molar-refractivity contribution in [3.63, 3.8) is 0 Å². The molecular weight excluding hydrogens is 353 g/mol. The maximum Gasteiger partial charge on any atom is 0.222 e. The van der Waals surface area contributed by atoms with E-state index in [9.17, 15) is 4.79 Å². The molecule has 3 rings (SSSR count). The number of likely N-dealkylation sites (tertiary alicyclic amines) is 1. The number of aromatic nitrogens is 1. The van der Waals surface area contributed by atoms with Crippen molar-refractivity contribution in [1.29, 1.82) is 0 Å². The van der Waals surface area contributed by atoms with Gasteiger partial charge in [0.15, 0.2) is 0 Å². The summed E-state index contributed by atoms with van der Waals surface area (Å²) in [6.07, 6.45) is 8.42. The van der Waals surface area contributed by atoms with Crippen LogP contribution < -0.4 is 5.32 Å². The molecule has 4 nitrogen and oxygen atoms in total. The smallest absolute Gasteiger partial charge is 0.222 e. The van der Waals surface area contributed by atoms with Crippen LogP contribution in [0, 0.1) is 5.92 Å². The lowest BCUT2D eigenvalue weighted by molar-refractivity contribution is -0.132. The van der Waals surface area contributed by atoms with E-state index >= 15 is 0 Å². The molecule has 0 aromatic carbocycles. The lowest BCUT2D eigenvalue weighted by Crippen LogP contribution is -2.39. The predicted octanol–water partition coefficient (Wildman–Crippen LogP) is 3.47. The van der Waals surface area contributed by atoms with Crippen molar-refractivity contribution in [3.8, 4) is 0 Å². The Morgan fingerprint density at radius 1 is 1.30 bits per heavy atom. The molecule has 0 bridgehead atoms. The van der Waals surface area contributed by atoms with Crippen LogP contribution in [0.3, 0.4) is 0 Å². The molecule has 1 amide bonds. The third-order valence-electron chi connectivity index (χ3n) is 4.80. The second kappa shape index (κ2) is 10.5. The molecule has 2 fully saturated rings. The summed E-state index contributed by atoms with van der Waals surface area (Å²) in [6.45, 7) is 4.05. The molecule has 1 N–H and O–H groups in total. The van der Waals surface area contributed by atoms with Gasteiger partial charge >= 0.3 is 0 Å². The van der Waals surface area contributed by atoms with E-state index in [0.717, 1.165) is 51.4 Å². The lowest BCUT2D eigenvalue weighted by atomic mass is 9.92. The third-order valence-corrected chi connectivity index (χ3v) is 5.74. The molecule has 0 radical (unpaired) electrons. The molecule has 7 heteroatoms. The molecule has 2 aliphatic rings. The summed E-state index contributed by atoms with van der Waals surface area (Å²) in [7, 11) is 0. The molecule has 1 atom stereocenters. The van der Waals surface area contributed by atoms with Crippen molar-refractivity contribution >= 4 is 42.1 Å². The Labute approximate surface area is 155 Å². The molecule has 2 saturated heterocycles. The van der Waals surface area contributed by atoms with Crippen LogP contribution in [0.4, 0.5) is 0 Å². The van der Waals surface area contributed by atoms with Gasteiger partial charge in [0.1, 0.15) is 0 Å². The fraction of sp³-hybridized carbons (Fsp3) is 0.750. The first kappa shape index (κ1) is 20.7. The number of rotatable bonds is 4. The van der Waals surface area contributed by atoms with Gasteiger partial charge in [-0.15, -0.1) is 36.2 Å². The van der Waals surface area contributed by atoms with Gasteiger partial charge in [-0.3, -0.25) is 4.79 Å². The van der Waals surface area contributed by atoms with E-state index in [1.54, 1.807) is 11.3 Å². The van der Waals surface area contributed by atoms with E-state index in [1.165, 1.54) is 24.3 Å². The molecular formula is C16H27Cl2N3OS. The van der Waals surface area contributed by atoms with Gasteiger partial charge in [-0.1, -0.05) is 0 Å². The molecule has 2 aliphatic heterocycles. The zero-order valence-corrected chi connectivity index (χ0v) is 15.9. The minimum Gasteiger partial charge on any atom is -0.342 e. The van der Waals surface area contributed by atoms with E-state index < -0.39 is 0 Å². The Morgan fingerprint density at radius 2 is 2.09 bits per heavy atom. The molecule has 1 unspecified atom stereocenters. The minimum atomic E-state index is 0. The number of nitrogens with one attached hydrogen (secondary N) is 1. The van der Waals surface area contributed by atoms with Crippen LogP contribution in [-0.2, 0) is 4.79 Å². The molecule has 0 aliphatic carbocycles. The van der Waals surface area contributed by atoms with Gasteiger partial charge in [-0.05, 0) is 51.1 Å². The minimum absolute atomic E-state index is 0. The van der Waals surface area contributed by atoms with E-state index in [0.29, 0.717) is 11.8 Å². The summed E-state index contributed by atoms with van der Waals surface area (Å²) in [5.41, 5.74) is 0. The first-order chi connectivity index (χ1) is 10.3. The van der Waals surface area contributed by atoms with E-state index in [4.69, 9.17) is 0 Å². The lowest BCUT2D eigenvalue weighted by Gasteiger charge is -2.32. The summed E-state index contributed by atoms with van der Waals surface area (Å²) >= 11 is 1.72. The number of carbonyl (C=O) groups is 1. The van der Waals surface area contributed by atoms with Gasteiger partial charge in [0.25, 0.3) is 0 Å². The van der Waals surface area contributed by atoms with E-state index in [1.807, 2.05) is 11.6 Å². The normalized spacial score (nSPS) is 22.1. The van der Waals surface area contributed by atoms with Crippen molar-refractivity contribution in [2.45, 2.75) is 44.4 Å². The van der Waals surface area contributed by atoms with Crippen LogP contribution in [0.25, 0.3) is 0 Å². The highest BCUT2D eigenvalue weighted by molar-refractivity contribution is 7.09. The standard InChI is InChI=1S/C16H25N3OS.2ClH/c20-15(4-3-13-5-7-17-8-6-13)19-10-1-2-14(12-19)16-18-9-11-21-16;;/h9,11,13-14,17H,1-8,10,12H2;2*1H. The maximum atomic E-state index is 12.4. The number of halogens is 2. The van der Waals surface area contributed by atoms with Crippen LogP contribution in [-0.4, -0.2) is 42.0 Å². The highest BCUT2D eigenvalue weighted by Crippen LogP contribution is 2.29. The monoisotopic (exact) mass is 379 g/mol. The van der Waals surface area contributed by atoms with Crippen molar-refractivity contribution < 1.29 is 4.79 Å². The Balaban J connectivity index is 0.00000132. The Bertz CT molecular complexity index is 452. The van der Waals surface area contributed by atoms with Crippen LogP contribution in [0.15, 0.2) is 11.6 Å². The summed E-state index contributed by atoms with van der Waals surface area (Å²) in [5, 5.41) is 6.62. The SMILES string of the molecule is Cl.Cl.O=C(CCC1CCNCC1)N1CCCC(c2nccs2)C1. The number of piperidine rings is 2. The fourth-order valence-electron chi connectivity index (χ4n) is 3.50. The molecule has 1 aromatic heterocycles. The Hall–Kier alpha value is -0.360. The second-order valence-corrected chi connectivity index (χ2v) is 7.21. The van der Waals surface area contributed by atoms with Crippen LogP contribution in [0.1, 0.15) is 49.5 Å². The highest BCUT2D eigenvalue weighted by atomic mass is 35.5. The first-order valence-electron chi connectivity index (χ1n) is 8.21. The largest absolute Gasteiger partial charge is 0.342 e. The first-order valence-corrected chi connectivity index (χ1v) is 9.09. The third kappa shape index (κ3) is 5.89. The number of nitrogens with zero attached hydrogens (tertiary/aromatic N) is 2. The summed E-state index contributed by atoms with van der Waals surface area (Å²) in [6, 6.07) is 0. The molecule has 1 aromatic rings. The predicted molar refractivity (Wildman–Crippen MR) is 100.0 cm³/mol. The number of thiazole rings is 1. The van der Waals surface area contributed by atoms with Crippen molar-refractivity contribution in [2.24, 2.45) is 5.92 Å². The van der Waals surface area contributed by atoms with Crippen molar-refractivity contribution in [3.05, 3.63) is 16.6 Å². The number of hydrogen-bond donors (Lipinski definition) is 1. The van der Waals surface area contributed by atoms with Gasteiger partial charge in [0.05, 0.1) is 5.01 Å². The average molecular weight is 380 g/mol. The summed E-state index contributed by atoms with van der Waals surface area (Å²) in [5.74, 6) is 1.56. The zero-order valence-electron chi connectivity index (χ0n) is 13.4. The topological polar surface area (TPSA) is 45.2 Å². The zero-order chi connectivity index (χ0) is 14.5. The van der Waals surface area contributed by atoms with E-state index in [-0.39, 0.29) is 24.8 Å². The fourth-order valence-corrected chi connectivity index (χ4v) is 4.27. The van der Waals surface area contributed by atoms with Crippen LogP contribution in [0.2, 0.25) is 0 Å². The van der Waals surface area contributed by atoms with Crippen molar-refractivity contribution in [1.82, 2.24) is 15.2 Å². The van der Waals surface area contributed by atoms with E-state index in [2.05, 4.69) is 15.2 Å². The second-order valence-electron chi connectivity index (χ2n) is 6.28. The molecule has 23 heavy (non-hydrogen) atoms. The Kier molecular flexibility index (Phi) is 9.44. The molecule has 3 heterocycles. The Morgan fingerprint density at radius 3 is 2.78 bits per heavy atom. The van der Waals surface area contributed by atoms with Crippen molar-refractivity contribution in [2.75, 3.05) is 26.2 Å². The number of amides is 1. The number of carbonyl (C=O) groups excluding carboxylic acids is 1. The maximum absolute atomic E-state index is 12.4. The summed E-state index contributed by atoms with van der Waals surface area (Å²) < 4.78 is 0. The molecule has 132 valence electrons. The van der Waals surface area contributed by atoms with Gasteiger partial charge in [-0.25, -0.2) is 4.98 Å². The van der Waals surface area contributed by atoms with Crippen LogP contribution >= 0.6 is 36.2 Å². The van der Waals surface area contributed by atoms with Gasteiger partial charge in [0, 0.05) is 37.0 Å². The van der Waals surface area contributed by atoms with Gasteiger partial charge < -0.3 is 10.2 Å². The number of hydrogen-bond acceptors (Lipinski definition) is 4. The quantitative estimate of drug-likeness (QED) is 0.870. The highest BCUT2D eigenvalue weighted by Gasteiger charge is 2.26.